The molecule has 0 N–H and O–H groups in total. The highest BCUT2D eigenvalue weighted by Crippen LogP contribution is 2.04. The number of likely N-dealkylation sites (N-methyl/N-ethyl adjacent to an activating group) is 1. The molecule has 114 valence electrons. The molecule has 22 heavy (non-hydrogen) atoms. The van der Waals surface area contributed by atoms with Gasteiger partial charge in [-0.05, 0) is 23.8 Å². The van der Waals surface area contributed by atoms with E-state index in [-0.39, 0.29) is 12.5 Å². The van der Waals surface area contributed by atoms with E-state index in [1.165, 1.54) is 23.3 Å². The van der Waals surface area contributed by atoms with E-state index in [1.54, 1.807) is 19.2 Å². The van der Waals surface area contributed by atoms with Crippen molar-refractivity contribution in [1.82, 2.24) is 4.90 Å². The molecule has 5 nitrogen and oxygen atoms in total. The van der Waals surface area contributed by atoms with Crippen LogP contribution < -0.4 is 0 Å². The van der Waals surface area contributed by atoms with Crippen LogP contribution in [-0.4, -0.2) is 30.4 Å². The van der Waals surface area contributed by atoms with Crippen LogP contribution in [-0.2, 0) is 20.9 Å². The fraction of sp³-hybridized carbons (Fsp3) is 0.176. The highest BCUT2D eigenvalue weighted by atomic mass is 16.5. The summed E-state index contributed by atoms with van der Waals surface area (Å²) in [6.45, 7) is 0.185. The third-order valence-corrected chi connectivity index (χ3v) is 2.95. The zero-order valence-corrected chi connectivity index (χ0v) is 12.3. The lowest BCUT2D eigenvalue weighted by atomic mass is 10.2. The third kappa shape index (κ3) is 4.94. The van der Waals surface area contributed by atoms with Gasteiger partial charge in [-0.2, -0.15) is 0 Å². The molecule has 0 aliphatic carbocycles. The van der Waals surface area contributed by atoms with Gasteiger partial charge in [-0.15, -0.1) is 0 Å². The number of esters is 1. The zero-order valence-electron chi connectivity index (χ0n) is 12.3. The standard InChI is InChI=1S/C17H17NO4/c1-18(12-14-6-3-2-4-7-14)16(19)13-22-17(20)10-9-15-8-5-11-21-15/h2-11H,12-13H2,1H3/b10-9+. The molecule has 0 aliphatic heterocycles. The molecule has 0 unspecified atom stereocenters. The van der Waals surface area contributed by atoms with Crippen molar-refractivity contribution in [3.05, 3.63) is 66.1 Å². The number of carbonyl (C=O) groups is 2. The van der Waals surface area contributed by atoms with Gasteiger partial charge in [-0.25, -0.2) is 4.79 Å². The van der Waals surface area contributed by atoms with Crippen LogP contribution >= 0.6 is 0 Å². The first-order valence-electron chi connectivity index (χ1n) is 6.81. The minimum Gasteiger partial charge on any atom is -0.465 e. The average Bonchev–Trinajstić information content (AvgIpc) is 3.05. The van der Waals surface area contributed by atoms with Gasteiger partial charge in [-0.3, -0.25) is 4.79 Å². The molecule has 0 saturated heterocycles. The van der Waals surface area contributed by atoms with Gasteiger partial charge in [-0.1, -0.05) is 30.3 Å². The molecule has 1 aromatic carbocycles. The van der Waals surface area contributed by atoms with Crippen LogP contribution in [0.5, 0.6) is 0 Å². The number of ether oxygens (including phenoxy) is 1. The molecule has 0 atom stereocenters. The number of hydrogen-bond donors (Lipinski definition) is 0. The summed E-state index contributed by atoms with van der Waals surface area (Å²) >= 11 is 0. The van der Waals surface area contributed by atoms with Crippen LogP contribution in [0, 0.1) is 0 Å². The van der Waals surface area contributed by atoms with Gasteiger partial charge in [0.2, 0.25) is 0 Å². The SMILES string of the molecule is CN(Cc1ccccc1)C(=O)COC(=O)/C=C/c1ccco1. The van der Waals surface area contributed by atoms with Gasteiger partial charge >= 0.3 is 5.97 Å². The fourth-order valence-electron chi connectivity index (χ4n) is 1.77. The number of amides is 1. The molecule has 1 aromatic heterocycles. The highest BCUT2D eigenvalue weighted by molar-refractivity contribution is 5.88. The van der Waals surface area contributed by atoms with Crippen molar-refractivity contribution >= 4 is 18.0 Å². The van der Waals surface area contributed by atoms with Crippen molar-refractivity contribution in [2.75, 3.05) is 13.7 Å². The lowest BCUT2D eigenvalue weighted by Gasteiger charge is -2.16. The summed E-state index contributed by atoms with van der Waals surface area (Å²) in [6, 6.07) is 13.0. The summed E-state index contributed by atoms with van der Waals surface area (Å²) in [4.78, 5) is 24.9. The van der Waals surface area contributed by atoms with Gasteiger partial charge in [0.25, 0.3) is 5.91 Å². The molecule has 1 amide bonds. The van der Waals surface area contributed by atoms with Crippen LogP contribution in [0.1, 0.15) is 11.3 Å². The number of furan rings is 1. The number of rotatable bonds is 6. The second-order valence-electron chi connectivity index (χ2n) is 4.69. The first-order valence-corrected chi connectivity index (χ1v) is 6.81. The summed E-state index contributed by atoms with van der Waals surface area (Å²) in [5.74, 6) is -0.300. The minimum absolute atomic E-state index is 0.261. The van der Waals surface area contributed by atoms with Gasteiger partial charge < -0.3 is 14.1 Å². The van der Waals surface area contributed by atoms with E-state index in [1.807, 2.05) is 30.3 Å². The van der Waals surface area contributed by atoms with Crippen molar-refractivity contribution in [3.8, 4) is 0 Å². The van der Waals surface area contributed by atoms with E-state index in [2.05, 4.69) is 0 Å². The Labute approximate surface area is 128 Å². The summed E-state index contributed by atoms with van der Waals surface area (Å²) in [5.41, 5.74) is 1.02. The van der Waals surface area contributed by atoms with Crippen molar-refractivity contribution in [1.29, 1.82) is 0 Å². The van der Waals surface area contributed by atoms with Crippen LogP contribution in [0.3, 0.4) is 0 Å². The first kappa shape index (κ1) is 15.6. The quantitative estimate of drug-likeness (QED) is 0.607. The van der Waals surface area contributed by atoms with Gasteiger partial charge in [0.15, 0.2) is 6.61 Å². The van der Waals surface area contributed by atoms with Crippen molar-refractivity contribution in [2.24, 2.45) is 0 Å². The molecule has 2 aromatic rings. The molecular formula is C17H17NO4. The molecule has 0 radical (unpaired) electrons. The van der Waals surface area contributed by atoms with Crippen LogP contribution in [0.25, 0.3) is 6.08 Å². The maximum Gasteiger partial charge on any atom is 0.331 e. The lowest BCUT2D eigenvalue weighted by Crippen LogP contribution is -2.30. The van der Waals surface area contributed by atoms with Crippen molar-refractivity contribution < 1.29 is 18.7 Å². The molecular weight excluding hydrogens is 282 g/mol. The molecule has 0 fully saturated rings. The number of benzene rings is 1. The number of nitrogens with zero attached hydrogens (tertiary/aromatic N) is 1. The molecule has 2 rings (SSSR count). The predicted octanol–water partition coefficient (Wildman–Crippen LogP) is 2.49. The highest BCUT2D eigenvalue weighted by Gasteiger charge is 2.11. The average molecular weight is 299 g/mol. The largest absolute Gasteiger partial charge is 0.465 e. The van der Waals surface area contributed by atoms with Crippen LogP contribution in [0.4, 0.5) is 0 Å². The van der Waals surface area contributed by atoms with E-state index >= 15 is 0 Å². The Bertz CT molecular complexity index is 632. The Morgan fingerprint density at radius 1 is 1.18 bits per heavy atom. The van der Waals surface area contributed by atoms with E-state index in [9.17, 15) is 9.59 Å². The zero-order chi connectivity index (χ0) is 15.8. The Morgan fingerprint density at radius 2 is 1.95 bits per heavy atom. The topological polar surface area (TPSA) is 59.8 Å². The Hall–Kier alpha value is -2.82. The second kappa shape index (κ2) is 7.83. The summed E-state index contributed by atoms with van der Waals surface area (Å²) in [6.07, 6.45) is 4.22. The number of hydrogen-bond acceptors (Lipinski definition) is 4. The Kier molecular flexibility index (Phi) is 5.54. The van der Waals surface area contributed by atoms with Crippen molar-refractivity contribution in [3.63, 3.8) is 0 Å². The lowest BCUT2D eigenvalue weighted by molar-refractivity contribution is -0.147. The van der Waals surface area contributed by atoms with Gasteiger partial charge in [0, 0.05) is 19.7 Å². The van der Waals surface area contributed by atoms with E-state index < -0.39 is 5.97 Å². The van der Waals surface area contributed by atoms with E-state index in [0.717, 1.165) is 5.56 Å². The van der Waals surface area contributed by atoms with Crippen molar-refractivity contribution in [2.45, 2.75) is 6.54 Å². The number of carbonyl (C=O) groups excluding carboxylic acids is 2. The molecule has 0 saturated carbocycles. The van der Waals surface area contributed by atoms with Crippen LogP contribution in [0.2, 0.25) is 0 Å². The third-order valence-electron chi connectivity index (χ3n) is 2.95. The molecule has 0 bridgehead atoms. The monoisotopic (exact) mass is 299 g/mol. The summed E-state index contributed by atoms with van der Waals surface area (Å²) in [7, 11) is 1.67. The maximum absolute atomic E-state index is 11.9. The second-order valence-corrected chi connectivity index (χ2v) is 4.69. The first-order chi connectivity index (χ1) is 10.6. The van der Waals surface area contributed by atoms with E-state index in [4.69, 9.17) is 9.15 Å². The fourth-order valence-corrected chi connectivity index (χ4v) is 1.77. The Balaban J connectivity index is 1.76. The smallest absolute Gasteiger partial charge is 0.331 e. The molecule has 1 heterocycles. The normalized spacial score (nSPS) is 10.6. The Morgan fingerprint density at radius 3 is 2.64 bits per heavy atom. The van der Waals surface area contributed by atoms with Gasteiger partial charge in [0.05, 0.1) is 6.26 Å². The molecule has 0 spiro atoms. The molecule has 5 heteroatoms. The molecule has 0 aliphatic rings. The van der Waals surface area contributed by atoms with Crippen LogP contribution in [0.15, 0.2) is 59.2 Å². The summed E-state index contributed by atoms with van der Waals surface area (Å²) < 4.78 is 9.95. The summed E-state index contributed by atoms with van der Waals surface area (Å²) in [5, 5.41) is 0. The van der Waals surface area contributed by atoms with Gasteiger partial charge in [0.1, 0.15) is 5.76 Å². The van der Waals surface area contributed by atoms with E-state index in [0.29, 0.717) is 12.3 Å². The minimum atomic E-state index is -0.585. The predicted molar refractivity (Wildman–Crippen MR) is 81.6 cm³/mol. The maximum atomic E-state index is 11.9.